The Hall–Kier alpha value is -2.42. The van der Waals surface area contributed by atoms with Gasteiger partial charge in [0.2, 0.25) is 0 Å². The number of benzene rings is 2. The molecule has 1 aliphatic carbocycles. The number of methoxy groups -OCH3 is 1. The molecule has 7 nitrogen and oxygen atoms in total. The Bertz CT molecular complexity index is 974. The van der Waals surface area contributed by atoms with Gasteiger partial charge in [-0.25, -0.2) is 8.42 Å². The van der Waals surface area contributed by atoms with Crippen LogP contribution in [0, 0.1) is 0 Å². The number of carbonyl (C=O) groups excluding carboxylic acids is 1. The number of nitrogens with zero attached hydrogens (tertiary/aromatic N) is 1. The van der Waals surface area contributed by atoms with Gasteiger partial charge < -0.3 is 10.1 Å². The molecule has 0 saturated carbocycles. The van der Waals surface area contributed by atoms with Crippen LogP contribution in [0.2, 0.25) is 0 Å². The second kappa shape index (κ2) is 8.30. The fourth-order valence-corrected chi connectivity index (χ4v) is 4.56. The Morgan fingerprint density at radius 3 is 2.64 bits per heavy atom. The Kier molecular flexibility index (Phi) is 6.02. The summed E-state index contributed by atoms with van der Waals surface area (Å²) in [4.78, 5) is 17.5. The third-order valence-corrected chi connectivity index (χ3v) is 6.67. The highest BCUT2D eigenvalue weighted by Crippen LogP contribution is 2.31. The van der Waals surface area contributed by atoms with E-state index in [1.54, 1.807) is 6.07 Å². The van der Waals surface area contributed by atoms with Crippen LogP contribution in [0.15, 0.2) is 47.4 Å². The number of hydrogen-bond acceptors (Lipinski definition) is 5. The lowest BCUT2D eigenvalue weighted by Gasteiger charge is -2.26. The van der Waals surface area contributed by atoms with Gasteiger partial charge in [-0.1, -0.05) is 28.7 Å². The highest BCUT2D eigenvalue weighted by atomic mass is 32.2. The van der Waals surface area contributed by atoms with Gasteiger partial charge in [-0.05, 0) is 48.6 Å². The lowest BCUT2D eigenvalue weighted by atomic mass is 9.87. The Morgan fingerprint density at radius 2 is 1.93 bits per heavy atom. The molecule has 1 amide bonds. The zero-order valence-corrected chi connectivity index (χ0v) is 17.0. The number of ether oxygens (including phenoxy) is 1. The van der Waals surface area contributed by atoms with Crippen molar-refractivity contribution in [3.8, 4) is 5.75 Å². The summed E-state index contributed by atoms with van der Waals surface area (Å²) >= 11 is 0. The number of hydroxylamine groups is 1. The molecule has 2 aromatic rings. The van der Waals surface area contributed by atoms with Gasteiger partial charge in [0.25, 0.3) is 15.9 Å². The molecule has 28 heavy (non-hydrogen) atoms. The summed E-state index contributed by atoms with van der Waals surface area (Å²) in [7, 11) is -0.0592. The van der Waals surface area contributed by atoms with E-state index in [2.05, 4.69) is 11.4 Å². The number of sulfonamides is 1. The van der Waals surface area contributed by atoms with Gasteiger partial charge in [0.1, 0.15) is 10.6 Å². The number of nitrogens with one attached hydrogen (secondary N) is 1. The van der Waals surface area contributed by atoms with Crippen molar-refractivity contribution in [1.82, 2.24) is 9.79 Å². The highest BCUT2D eigenvalue weighted by Gasteiger charge is 2.27. The lowest BCUT2D eigenvalue weighted by Crippen LogP contribution is -2.31. The van der Waals surface area contributed by atoms with Gasteiger partial charge in [0.15, 0.2) is 0 Å². The van der Waals surface area contributed by atoms with E-state index >= 15 is 0 Å². The topological polar surface area (TPSA) is 84.9 Å². The van der Waals surface area contributed by atoms with E-state index in [-0.39, 0.29) is 28.2 Å². The molecule has 0 bridgehead atoms. The molecule has 2 aromatic carbocycles. The molecule has 1 aliphatic rings. The normalized spacial score (nSPS) is 16.5. The van der Waals surface area contributed by atoms with Crippen LogP contribution in [-0.4, -0.2) is 40.1 Å². The fraction of sp³-hybridized carbons (Fsp3) is 0.350. The van der Waals surface area contributed by atoms with Gasteiger partial charge in [-0.15, -0.1) is 0 Å². The molecule has 0 spiro atoms. The first-order valence-corrected chi connectivity index (χ1v) is 10.4. The third-order valence-electron chi connectivity index (χ3n) is 4.97. The van der Waals surface area contributed by atoms with E-state index in [9.17, 15) is 13.2 Å². The van der Waals surface area contributed by atoms with Crippen LogP contribution >= 0.6 is 0 Å². The van der Waals surface area contributed by atoms with E-state index in [0.29, 0.717) is 0 Å². The first-order chi connectivity index (χ1) is 13.4. The van der Waals surface area contributed by atoms with Crippen LogP contribution in [0.5, 0.6) is 5.75 Å². The minimum atomic E-state index is -3.96. The number of fused-ring (bicyclic) bond motifs is 1. The van der Waals surface area contributed by atoms with E-state index in [0.717, 1.165) is 29.3 Å². The predicted octanol–water partition coefficient (Wildman–Crippen LogP) is 2.68. The van der Waals surface area contributed by atoms with Crippen LogP contribution in [-0.2, 0) is 21.3 Å². The van der Waals surface area contributed by atoms with E-state index in [1.165, 1.54) is 39.0 Å². The minimum Gasteiger partial charge on any atom is -0.495 e. The molecule has 1 N–H and O–H groups in total. The molecular formula is C20H24N2O5S. The summed E-state index contributed by atoms with van der Waals surface area (Å²) in [6.07, 6.45) is 2.83. The molecule has 150 valence electrons. The molecule has 0 saturated heterocycles. The third kappa shape index (κ3) is 3.89. The summed E-state index contributed by atoms with van der Waals surface area (Å²) in [5.74, 6) is -0.190. The predicted molar refractivity (Wildman–Crippen MR) is 105 cm³/mol. The molecule has 8 heteroatoms. The quantitative estimate of drug-likeness (QED) is 0.749. The molecule has 0 aromatic heterocycles. The fourth-order valence-electron chi connectivity index (χ4n) is 3.40. The lowest BCUT2D eigenvalue weighted by molar-refractivity contribution is -0.0259. The van der Waals surface area contributed by atoms with Gasteiger partial charge in [-0.2, -0.15) is 0 Å². The summed E-state index contributed by atoms with van der Waals surface area (Å²) in [6, 6.07) is 12.3. The van der Waals surface area contributed by atoms with Crippen LogP contribution in [0.1, 0.15) is 40.4 Å². The Labute approximate surface area is 165 Å². The van der Waals surface area contributed by atoms with Crippen molar-refractivity contribution in [2.24, 2.45) is 0 Å². The van der Waals surface area contributed by atoms with Crippen molar-refractivity contribution in [2.45, 2.75) is 30.2 Å². The molecule has 0 radical (unpaired) electrons. The number of carbonyl (C=O) groups is 1. The van der Waals surface area contributed by atoms with Crippen molar-refractivity contribution in [2.75, 3.05) is 21.3 Å². The van der Waals surface area contributed by atoms with E-state index in [4.69, 9.17) is 9.57 Å². The van der Waals surface area contributed by atoms with Crippen LogP contribution in [0.25, 0.3) is 0 Å². The van der Waals surface area contributed by atoms with Crippen LogP contribution in [0.3, 0.4) is 0 Å². The maximum absolute atomic E-state index is 12.8. The summed E-state index contributed by atoms with van der Waals surface area (Å²) < 4.78 is 31.2. The largest absolute Gasteiger partial charge is 0.495 e. The standard InChI is InChI=1S/C20H24N2O5S/c1-22(27-3)28(24,25)19-13-15(11-12-18(19)26-2)20(23)21-17-10-6-8-14-7-4-5-9-16(14)17/h4-5,7,9,11-13,17H,6,8,10H2,1-3H3,(H,21,23)/t17-/m0/s1. The maximum Gasteiger partial charge on any atom is 0.268 e. The summed E-state index contributed by atoms with van der Waals surface area (Å²) in [5, 5.41) is 3.03. The zero-order chi connectivity index (χ0) is 20.3. The van der Waals surface area contributed by atoms with Crippen molar-refractivity contribution in [1.29, 1.82) is 0 Å². The van der Waals surface area contributed by atoms with E-state index < -0.39 is 10.0 Å². The average Bonchev–Trinajstić information content (AvgIpc) is 2.72. The van der Waals surface area contributed by atoms with Crippen molar-refractivity contribution in [3.63, 3.8) is 0 Å². The molecule has 0 unspecified atom stereocenters. The van der Waals surface area contributed by atoms with E-state index in [1.807, 2.05) is 18.2 Å². The Morgan fingerprint density at radius 1 is 1.18 bits per heavy atom. The zero-order valence-electron chi connectivity index (χ0n) is 16.1. The van der Waals surface area contributed by atoms with Crippen LogP contribution in [0.4, 0.5) is 0 Å². The number of rotatable bonds is 6. The maximum atomic E-state index is 12.8. The Balaban J connectivity index is 1.91. The molecule has 0 heterocycles. The van der Waals surface area contributed by atoms with Gasteiger partial charge in [0, 0.05) is 12.6 Å². The summed E-state index contributed by atoms with van der Waals surface area (Å²) in [5.41, 5.74) is 2.59. The van der Waals surface area contributed by atoms with Gasteiger partial charge in [0.05, 0.1) is 20.3 Å². The number of aryl methyl sites for hydroxylation is 1. The first-order valence-electron chi connectivity index (χ1n) is 8.98. The van der Waals surface area contributed by atoms with Gasteiger partial charge in [-0.3, -0.25) is 9.63 Å². The first kappa shape index (κ1) is 20.3. The molecule has 1 atom stereocenters. The van der Waals surface area contributed by atoms with Gasteiger partial charge >= 0.3 is 0 Å². The average molecular weight is 404 g/mol. The highest BCUT2D eigenvalue weighted by molar-refractivity contribution is 7.89. The van der Waals surface area contributed by atoms with Crippen LogP contribution < -0.4 is 10.1 Å². The molecular weight excluding hydrogens is 380 g/mol. The SMILES string of the molecule is COc1ccc(C(=O)N[C@H]2CCCc3ccccc32)cc1S(=O)(=O)N(C)OC. The van der Waals surface area contributed by atoms with Crippen molar-refractivity contribution < 1.29 is 22.8 Å². The number of amides is 1. The van der Waals surface area contributed by atoms with Crippen molar-refractivity contribution >= 4 is 15.9 Å². The second-order valence-electron chi connectivity index (χ2n) is 6.58. The number of hydrogen-bond donors (Lipinski definition) is 1. The monoisotopic (exact) mass is 404 g/mol. The minimum absolute atomic E-state index is 0.0961. The molecule has 3 rings (SSSR count). The second-order valence-corrected chi connectivity index (χ2v) is 8.48. The van der Waals surface area contributed by atoms with Crippen molar-refractivity contribution in [3.05, 3.63) is 59.2 Å². The molecule has 0 fully saturated rings. The summed E-state index contributed by atoms with van der Waals surface area (Å²) in [6.45, 7) is 0. The smallest absolute Gasteiger partial charge is 0.268 e. The molecule has 0 aliphatic heterocycles.